The molecular formula is C23H30O4Si. The van der Waals surface area contributed by atoms with Crippen molar-refractivity contribution < 1.29 is 19.0 Å². The third-order valence-electron chi connectivity index (χ3n) is 6.37. The van der Waals surface area contributed by atoms with Crippen LogP contribution in [0.1, 0.15) is 27.7 Å². The van der Waals surface area contributed by atoms with Gasteiger partial charge in [-0.15, -0.1) is 0 Å². The second-order valence-corrected chi connectivity index (χ2v) is 13.3. The van der Waals surface area contributed by atoms with Crippen molar-refractivity contribution in [3.05, 3.63) is 60.7 Å². The van der Waals surface area contributed by atoms with E-state index in [0.717, 1.165) is 0 Å². The summed E-state index contributed by atoms with van der Waals surface area (Å²) in [5.74, 6) is 0. The minimum atomic E-state index is -2.67. The molecule has 0 radical (unpaired) electrons. The fourth-order valence-corrected chi connectivity index (χ4v) is 9.40. The van der Waals surface area contributed by atoms with Crippen LogP contribution in [0.5, 0.6) is 0 Å². The zero-order valence-corrected chi connectivity index (χ0v) is 18.1. The molecule has 0 aromatic heterocycles. The molecule has 4 nitrogen and oxygen atoms in total. The van der Waals surface area contributed by atoms with Crippen LogP contribution in [0.3, 0.4) is 0 Å². The summed E-state index contributed by atoms with van der Waals surface area (Å²) in [6.07, 6.45) is -1.10. The molecule has 5 heteroatoms. The van der Waals surface area contributed by atoms with E-state index in [9.17, 15) is 5.11 Å². The molecule has 150 valence electrons. The van der Waals surface area contributed by atoms with E-state index in [4.69, 9.17) is 13.9 Å². The second kappa shape index (κ2) is 7.08. The topological polar surface area (TPSA) is 47.9 Å². The molecule has 28 heavy (non-hydrogen) atoms. The molecule has 2 aliphatic heterocycles. The quantitative estimate of drug-likeness (QED) is 0.786. The molecule has 0 amide bonds. The van der Waals surface area contributed by atoms with Gasteiger partial charge < -0.3 is 19.0 Å². The summed E-state index contributed by atoms with van der Waals surface area (Å²) in [5.41, 5.74) is -0.794. The fraction of sp³-hybridized carbons (Fsp3) is 0.478. The van der Waals surface area contributed by atoms with Crippen molar-refractivity contribution in [1.29, 1.82) is 0 Å². The molecule has 2 aromatic rings. The SMILES string of the molecule is C[C@H]1O[C@H]2CO[C@]1(CO[Si](c1ccccc1)(c1ccccc1)C(C)(C)C)[C@H]2O. The molecule has 2 aromatic carbocycles. The van der Waals surface area contributed by atoms with E-state index in [0.29, 0.717) is 13.2 Å². The largest absolute Gasteiger partial charge is 0.404 e. The maximum Gasteiger partial charge on any atom is 0.261 e. The van der Waals surface area contributed by atoms with Gasteiger partial charge in [-0.1, -0.05) is 81.4 Å². The summed E-state index contributed by atoms with van der Waals surface area (Å²) in [6.45, 7) is 9.46. The molecule has 0 aliphatic carbocycles. The highest BCUT2D eigenvalue weighted by Gasteiger charge is 2.62. The highest BCUT2D eigenvalue weighted by molar-refractivity contribution is 6.99. The minimum absolute atomic E-state index is 0.113. The predicted octanol–water partition coefficient (Wildman–Crippen LogP) is 2.48. The third-order valence-corrected chi connectivity index (χ3v) is 11.3. The maximum absolute atomic E-state index is 10.8. The maximum atomic E-state index is 10.8. The summed E-state index contributed by atoms with van der Waals surface area (Å²) in [7, 11) is -2.67. The van der Waals surface area contributed by atoms with Crippen molar-refractivity contribution in [2.75, 3.05) is 13.2 Å². The Morgan fingerprint density at radius 3 is 1.96 bits per heavy atom. The van der Waals surface area contributed by atoms with Crippen molar-refractivity contribution in [3.8, 4) is 0 Å². The molecule has 4 atom stereocenters. The Bertz CT molecular complexity index is 765. The lowest BCUT2D eigenvalue weighted by atomic mass is 9.95. The first-order chi connectivity index (χ1) is 13.3. The Morgan fingerprint density at radius 1 is 1.04 bits per heavy atom. The van der Waals surface area contributed by atoms with Crippen LogP contribution >= 0.6 is 0 Å². The summed E-state index contributed by atoms with van der Waals surface area (Å²) in [6, 6.07) is 21.1. The number of fused-ring (bicyclic) bond motifs is 2. The van der Waals surface area contributed by atoms with Crippen LogP contribution in [0.15, 0.2) is 60.7 Å². The van der Waals surface area contributed by atoms with Gasteiger partial charge >= 0.3 is 0 Å². The Hall–Kier alpha value is -1.50. The molecule has 0 saturated carbocycles. The van der Waals surface area contributed by atoms with E-state index in [2.05, 4.69) is 69.3 Å². The molecule has 4 rings (SSSR count). The number of ether oxygens (including phenoxy) is 2. The number of aliphatic hydroxyl groups excluding tert-OH is 1. The van der Waals surface area contributed by atoms with Gasteiger partial charge in [-0.3, -0.25) is 0 Å². The highest BCUT2D eigenvalue weighted by Crippen LogP contribution is 2.43. The van der Waals surface area contributed by atoms with Gasteiger partial charge in [-0.25, -0.2) is 0 Å². The van der Waals surface area contributed by atoms with Crippen LogP contribution in [-0.2, 0) is 13.9 Å². The zero-order chi connectivity index (χ0) is 20.0. The lowest BCUT2D eigenvalue weighted by Crippen LogP contribution is -2.68. The van der Waals surface area contributed by atoms with E-state index in [1.165, 1.54) is 10.4 Å². The average molecular weight is 399 g/mol. The van der Waals surface area contributed by atoms with Crippen molar-refractivity contribution in [2.24, 2.45) is 0 Å². The van der Waals surface area contributed by atoms with Gasteiger partial charge in [-0.05, 0) is 22.3 Å². The van der Waals surface area contributed by atoms with Gasteiger partial charge in [0.1, 0.15) is 17.8 Å². The van der Waals surface area contributed by atoms with Crippen molar-refractivity contribution >= 4 is 18.7 Å². The zero-order valence-electron chi connectivity index (χ0n) is 17.1. The number of aliphatic hydroxyl groups is 1. The van der Waals surface area contributed by atoms with Gasteiger partial charge in [0, 0.05) is 0 Å². The van der Waals surface area contributed by atoms with E-state index in [-0.39, 0.29) is 17.2 Å². The molecule has 2 aliphatic rings. The smallest absolute Gasteiger partial charge is 0.261 e. The molecule has 2 fully saturated rings. The van der Waals surface area contributed by atoms with Crippen LogP contribution in [-0.4, -0.2) is 50.6 Å². The first-order valence-corrected chi connectivity index (χ1v) is 11.9. The monoisotopic (exact) mass is 398 g/mol. The fourth-order valence-electron chi connectivity index (χ4n) is 4.80. The summed E-state index contributed by atoms with van der Waals surface area (Å²) >= 11 is 0. The van der Waals surface area contributed by atoms with E-state index in [1.54, 1.807) is 0 Å². The highest BCUT2D eigenvalue weighted by atomic mass is 28.4. The molecule has 0 unspecified atom stereocenters. The Kier molecular flexibility index (Phi) is 5.00. The lowest BCUT2D eigenvalue weighted by Gasteiger charge is -2.45. The summed E-state index contributed by atoms with van der Waals surface area (Å²) in [4.78, 5) is 0. The summed E-state index contributed by atoms with van der Waals surface area (Å²) in [5, 5.41) is 13.1. The van der Waals surface area contributed by atoms with E-state index < -0.39 is 20.0 Å². The summed E-state index contributed by atoms with van der Waals surface area (Å²) < 4.78 is 19.0. The van der Waals surface area contributed by atoms with Crippen molar-refractivity contribution in [3.63, 3.8) is 0 Å². The minimum Gasteiger partial charge on any atom is -0.404 e. The van der Waals surface area contributed by atoms with Gasteiger partial charge in [0.15, 0.2) is 0 Å². The Labute approximate surface area is 168 Å². The van der Waals surface area contributed by atoms with Crippen LogP contribution in [0.25, 0.3) is 0 Å². The lowest BCUT2D eigenvalue weighted by molar-refractivity contribution is -0.157. The third kappa shape index (κ3) is 2.88. The van der Waals surface area contributed by atoms with Gasteiger partial charge in [-0.2, -0.15) is 0 Å². The molecule has 2 saturated heterocycles. The second-order valence-electron chi connectivity index (χ2n) is 8.98. The first kappa shape index (κ1) is 19.8. The van der Waals surface area contributed by atoms with Gasteiger partial charge in [0.2, 0.25) is 0 Å². The Morgan fingerprint density at radius 2 is 1.57 bits per heavy atom. The number of benzene rings is 2. The molecule has 2 bridgehead atoms. The van der Waals surface area contributed by atoms with Gasteiger partial charge in [0.05, 0.1) is 19.3 Å². The van der Waals surface area contributed by atoms with Crippen molar-refractivity contribution in [1.82, 2.24) is 0 Å². The Balaban J connectivity index is 1.80. The first-order valence-electron chi connectivity index (χ1n) is 10.0. The van der Waals surface area contributed by atoms with E-state index in [1.807, 2.05) is 19.1 Å². The normalized spacial score (nSPS) is 30.0. The van der Waals surface area contributed by atoms with Gasteiger partial charge in [0.25, 0.3) is 8.32 Å². The molecule has 1 N–H and O–H groups in total. The van der Waals surface area contributed by atoms with Crippen LogP contribution in [0.4, 0.5) is 0 Å². The molecule has 0 spiro atoms. The predicted molar refractivity (Wildman–Crippen MR) is 113 cm³/mol. The van der Waals surface area contributed by atoms with Crippen molar-refractivity contribution in [2.45, 2.75) is 56.6 Å². The number of rotatable bonds is 5. The average Bonchev–Trinajstić information content (AvgIpc) is 3.11. The van der Waals surface area contributed by atoms with Crippen LogP contribution < -0.4 is 10.4 Å². The van der Waals surface area contributed by atoms with Crippen LogP contribution in [0.2, 0.25) is 5.04 Å². The van der Waals surface area contributed by atoms with Crippen LogP contribution in [0, 0.1) is 0 Å². The van der Waals surface area contributed by atoms with E-state index >= 15 is 0 Å². The standard InChI is InChI=1S/C23H30O4Si/c1-17-23(21(24)20(27-17)15-25-23)16-26-28(22(2,3)4,18-11-7-5-8-12-18)19-13-9-6-10-14-19/h5-14,17,20-21,24H,15-16H2,1-4H3/t17-,20+,21+,23+/m1/s1. The molecule has 2 heterocycles. The molecular weight excluding hydrogens is 368 g/mol. The number of hydrogen-bond donors (Lipinski definition) is 1. The number of hydrogen-bond acceptors (Lipinski definition) is 4.